The Morgan fingerprint density at radius 2 is 1.53 bits per heavy atom. The largest absolute Gasteiger partial charge is 0.289 e. The molecule has 0 aliphatic rings. The van der Waals surface area contributed by atoms with Gasteiger partial charge in [0.2, 0.25) is 0 Å². The lowest BCUT2D eigenvalue weighted by atomic mass is 9.99. The zero-order valence-electron chi connectivity index (χ0n) is 11.1. The van der Waals surface area contributed by atoms with E-state index in [9.17, 15) is 4.79 Å². The van der Waals surface area contributed by atoms with Crippen molar-refractivity contribution in [1.29, 1.82) is 0 Å². The van der Waals surface area contributed by atoms with Gasteiger partial charge in [0.25, 0.3) is 0 Å². The first kappa shape index (κ1) is 14.3. The van der Waals surface area contributed by atoms with Crippen LogP contribution in [0.1, 0.15) is 32.6 Å². The third-order valence-electron chi connectivity index (χ3n) is 3.13. The fraction of sp³-hybridized carbons (Fsp3) is 0.188. The van der Waals surface area contributed by atoms with Gasteiger partial charge in [-0.25, -0.2) is 0 Å². The van der Waals surface area contributed by atoms with Crippen molar-refractivity contribution in [2.45, 2.75) is 20.8 Å². The molecule has 3 heteroatoms. The first-order chi connectivity index (χ1) is 8.90. The summed E-state index contributed by atoms with van der Waals surface area (Å²) in [4.78, 5) is 12.5. The van der Waals surface area contributed by atoms with E-state index in [4.69, 9.17) is 11.6 Å². The van der Waals surface area contributed by atoms with Crippen LogP contribution < -0.4 is 0 Å². The van der Waals surface area contributed by atoms with Crippen molar-refractivity contribution >= 4 is 33.3 Å². The Balaban J connectivity index is 2.47. The van der Waals surface area contributed by atoms with E-state index < -0.39 is 0 Å². The van der Waals surface area contributed by atoms with Gasteiger partial charge in [-0.3, -0.25) is 4.79 Å². The standard InChI is InChI=1S/C16H14BrClO/c1-9-4-5-12(8-14(9)18)16(19)13-6-10(2)15(17)11(3)7-13/h4-8H,1-3H3. The second-order valence-electron chi connectivity index (χ2n) is 4.72. The summed E-state index contributed by atoms with van der Waals surface area (Å²) >= 11 is 9.58. The van der Waals surface area contributed by atoms with Crippen LogP contribution in [0.5, 0.6) is 0 Å². The quantitative estimate of drug-likeness (QED) is 0.683. The van der Waals surface area contributed by atoms with Crippen molar-refractivity contribution in [2.75, 3.05) is 0 Å². The molecule has 98 valence electrons. The molecule has 2 rings (SSSR count). The average Bonchev–Trinajstić information content (AvgIpc) is 2.37. The van der Waals surface area contributed by atoms with Crippen LogP contribution in [0.3, 0.4) is 0 Å². The lowest BCUT2D eigenvalue weighted by Crippen LogP contribution is -2.03. The van der Waals surface area contributed by atoms with E-state index in [-0.39, 0.29) is 5.78 Å². The van der Waals surface area contributed by atoms with Gasteiger partial charge in [-0.1, -0.05) is 39.7 Å². The second-order valence-corrected chi connectivity index (χ2v) is 5.92. The molecule has 0 radical (unpaired) electrons. The predicted molar refractivity (Wildman–Crippen MR) is 83.2 cm³/mol. The topological polar surface area (TPSA) is 17.1 Å². The monoisotopic (exact) mass is 336 g/mol. The highest BCUT2D eigenvalue weighted by Crippen LogP contribution is 2.25. The van der Waals surface area contributed by atoms with Gasteiger partial charge in [-0.15, -0.1) is 0 Å². The molecule has 0 heterocycles. The SMILES string of the molecule is Cc1ccc(C(=O)c2cc(C)c(Br)c(C)c2)cc1Cl. The molecule has 0 bridgehead atoms. The Bertz CT molecular complexity index is 639. The zero-order chi connectivity index (χ0) is 14.2. The number of hydrogen-bond donors (Lipinski definition) is 0. The molecule has 0 spiro atoms. The van der Waals surface area contributed by atoms with E-state index in [2.05, 4.69) is 15.9 Å². The van der Waals surface area contributed by atoms with Gasteiger partial charge in [0.05, 0.1) is 0 Å². The summed E-state index contributed by atoms with van der Waals surface area (Å²) < 4.78 is 1.05. The molecule has 0 aliphatic carbocycles. The van der Waals surface area contributed by atoms with Crippen LogP contribution >= 0.6 is 27.5 Å². The van der Waals surface area contributed by atoms with Crippen LogP contribution in [-0.4, -0.2) is 5.78 Å². The summed E-state index contributed by atoms with van der Waals surface area (Å²) in [6, 6.07) is 9.21. The molecular weight excluding hydrogens is 324 g/mol. The molecule has 0 N–H and O–H groups in total. The van der Waals surface area contributed by atoms with Gasteiger partial charge >= 0.3 is 0 Å². The lowest BCUT2D eigenvalue weighted by molar-refractivity contribution is 0.103. The molecule has 1 nitrogen and oxygen atoms in total. The van der Waals surface area contributed by atoms with E-state index >= 15 is 0 Å². The Kier molecular flexibility index (Phi) is 4.12. The molecule has 2 aromatic carbocycles. The normalized spacial score (nSPS) is 10.6. The van der Waals surface area contributed by atoms with Crippen molar-refractivity contribution < 1.29 is 4.79 Å². The molecule has 0 fully saturated rings. The maximum absolute atomic E-state index is 12.5. The van der Waals surface area contributed by atoms with Gasteiger partial charge in [-0.2, -0.15) is 0 Å². The van der Waals surface area contributed by atoms with Gasteiger partial charge in [-0.05, 0) is 55.7 Å². The molecule has 19 heavy (non-hydrogen) atoms. The van der Waals surface area contributed by atoms with Gasteiger partial charge < -0.3 is 0 Å². The maximum atomic E-state index is 12.5. The summed E-state index contributed by atoms with van der Waals surface area (Å²) in [5, 5.41) is 0.622. The summed E-state index contributed by atoms with van der Waals surface area (Å²) in [7, 11) is 0. The van der Waals surface area contributed by atoms with Crippen LogP contribution in [0.4, 0.5) is 0 Å². The molecule has 0 atom stereocenters. The number of ketones is 1. The van der Waals surface area contributed by atoms with Crippen LogP contribution in [0, 0.1) is 20.8 Å². The lowest BCUT2D eigenvalue weighted by Gasteiger charge is -2.08. The van der Waals surface area contributed by atoms with E-state index in [0.29, 0.717) is 16.1 Å². The molecular formula is C16H14BrClO. The van der Waals surface area contributed by atoms with Crippen molar-refractivity contribution in [1.82, 2.24) is 0 Å². The molecule has 0 saturated carbocycles. The highest BCUT2D eigenvalue weighted by molar-refractivity contribution is 9.10. The second kappa shape index (κ2) is 5.48. The number of aryl methyl sites for hydroxylation is 3. The number of rotatable bonds is 2. The Labute approximate surface area is 126 Å². The number of benzene rings is 2. The summed E-state index contributed by atoms with van der Waals surface area (Å²) in [5.41, 5.74) is 4.40. The van der Waals surface area contributed by atoms with Crippen molar-refractivity contribution in [2.24, 2.45) is 0 Å². The zero-order valence-corrected chi connectivity index (χ0v) is 13.4. The first-order valence-electron chi connectivity index (χ1n) is 5.97. The van der Waals surface area contributed by atoms with E-state index in [0.717, 1.165) is 21.2 Å². The minimum absolute atomic E-state index is 0.000556. The molecule has 0 aliphatic heterocycles. The molecule has 0 saturated heterocycles. The highest BCUT2D eigenvalue weighted by Gasteiger charge is 2.12. The van der Waals surface area contributed by atoms with Crippen molar-refractivity contribution in [3.63, 3.8) is 0 Å². The van der Waals surface area contributed by atoms with E-state index in [1.807, 2.05) is 45.0 Å². The predicted octanol–water partition coefficient (Wildman–Crippen LogP) is 5.26. The Morgan fingerprint density at radius 1 is 0.947 bits per heavy atom. The highest BCUT2D eigenvalue weighted by atomic mass is 79.9. The van der Waals surface area contributed by atoms with Gasteiger partial charge in [0.15, 0.2) is 5.78 Å². The molecule has 2 aromatic rings. The van der Waals surface area contributed by atoms with Crippen LogP contribution in [-0.2, 0) is 0 Å². The summed E-state index contributed by atoms with van der Waals surface area (Å²) in [6.45, 7) is 5.89. The van der Waals surface area contributed by atoms with Crippen LogP contribution in [0.15, 0.2) is 34.8 Å². The maximum Gasteiger partial charge on any atom is 0.193 e. The van der Waals surface area contributed by atoms with Crippen molar-refractivity contribution in [3.05, 3.63) is 67.6 Å². The van der Waals surface area contributed by atoms with Crippen molar-refractivity contribution in [3.8, 4) is 0 Å². The van der Waals surface area contributed by atoms with Crippen LogP contribution in [0.2, 0.25) is 5.02 Å². The Morgan fingerprint density at radius 3 is 2.05 bits per heavy atom. The Hall–Kier alpha value is -1.12. The minimum Gasteiger partial charge on any atom is -0.289 e. The third-order valence-corrected chi connectivity index (χ3v) is 4.79. The minimum atomic E-state index is 0.000556. The fourth-order valence-corrected chi connectivity index (χ4v) is 2.39. The summed E-state index contributed by atoms with van der Waals surface area (Å²) in [6.07, 6.45) is 0. The van der Waals surface area contributed by atoms with Gasteiger partial charge in [0, 0.05) is 20.6 Å². The third kappa shape index (κ3) is 2.90. The van der Waals surface area contributed by atoms with E-state index in [1.165, 1.54) is 0 Å². The first-order valence-corrected chi connectivity index (χ1v) is 7.15. The average molecular weight is 338 g/mol. The number of hydrogen-bond acceptors (Lipinski definition) is 1. The fourth-order valence-electron chi connectivity index (χ4n) is 1.98. The molecule has 0 amide bonds. The smallest absolute Gasteiger partial charge is 0.193 e. The van der Waals surface area contributed by atoms with Crippen LogP contribution in [0.25, 0.3) is 0 Å². The van der Waals surface area contributed by atoms with E-state index in [1.54, 1.807) is 6.07 Å². The number of carbonyl (C=O) groups excluding carboxylic acids is 1. The molecule has 0 unspecified atom stereocenters. The number of carbonyl (C=O) groups is 1. The molecule has 0 aromatic heterocycles. The summed E-state index contributed by atoms with van der Waals surface area (Å²) in [5.74, 6) is 0.000556. The number of halogens is 2. The van der Waals surface area contributed by atoms with Gasteiger partial charge in [0.1, 0.15) is 0 Å².